The van der Waals surface area contributed by atoms with Crippen molar-refractivity contribution in [3.05, 3.63) is 16.6 Å². The Balaban J connectivity index is 1.58. The van der Waals surface area contributed by atoms with Crippen molar-refractivity contribution in [3.63, 3.8) is 0 Å². The first-order chi connectivity index (χ1) is 8.66. The molecule has 1 fully saturated rings. The fraction of sp³-hybridized carbons (Fsp3) is 0.727. The Morgan fingerprint density at radius 2 is 2.39 bits per heavy atom. The average Bonchev–Trinajstić information content (AvgIpc) is 2.80. The van der Waals surface area contributed by atoms with Gasteiger partial charge in [0, 0.05) is 30.9 Å². The first-order valence-electron chi connectivity index (χ1n) is 6.17. The van der Waals surface area contributed by atoms with E-state index in [1.54, 1.807) is 11.3 Å². The zero-order valence-electron chi connectivity index (χ0n) is 10.3. The van der Waals surface area contributed by atoms with Gasteiger partial charge in [0.05, 0.1) is 22.7 Å². The van der Waals surface area contributed by atoms with E-state index < -0.39 is 9.84 Å². The van der Waals surface area contributed by atoms with Crippen molar-refractivity contribution >= 4 is 21.2 Å². The monoisotopic (exact) mass is 289 g/mol. The van der Waals surface area contributed by atoms with Gasteiger partial charge in [-0.15, -0.1) is 11.3 Å². The van der Waals surface area contributed by atoms with Crippen molar-refractivity contribution in [2.24, 2.45) is 0 Å². The van der Waals surface area contributed by atoms with Gasteiger partial charge in [-0.25, -0.2) is 13.4 Å². The van der Waals surface area contributed by atoms with Gasteiger partial charge in [-0.2, -0.15) is 0 Å². The van der Waals surface area contributed by atoms with Gasteiger partial charge in [0.25, 0.3) is 0 Å². The van der Waals surface area contributed by atoms with Crippen molar-refractivity contribution in [1.29, 1.82) is 0 Å². The van der Waals surface area contributed by atoms with Crippen LogP contribution in [0.5, 0.6) is 0 Å². The van der Waals surface area contributed by atoms with E-state index in [0.717, 1.165) is 31.6 Å². The maximum absolute atomic E-state index is 11.4. The summed E-state index contributed by atoms with van der Waals surface area (Å²) >= 11 is 1.61. The van der Waals surface area contributed by atoms with Crippen molar-refractivity contribution in [1.82, 2.24) is 15.6 Å². The van der Waals surface area contributed by atoms with Crippen LogP contribution in [0.15, 0.2) is 10.9 Å². The maximum Gasteiger partial charge on any atom is 0.153 e. The smallest absolute Gasteiger partial charge is 0.153 e. The highest BCUT2D eigenvalue weighted by Gasteiger charge is 2.23. The Morgan fingerprint density at radius 3 is 3.11 bits per heavy atom. The summed E-state index contributed by atoms with van der Waals surface area (Å²) in [7, 11) is -2.81. The molecule has 0 saturated carbocycles. The molecule has 0 aromatic carbocycles. The van der Waals surface area contributed by atoms with E-state index in [4.69, 9.17) is 0 Å². The summed E-state index contributed by atoms with van der Waals surface area (Å²) < 4.78 is 22.9. The molecule has 0 bridgehead atoms. The fourth-order valence-electron chi connectivity index (χ4n) is 2.03. The predicted molar refractivity (Wildman–Crippen MR) is 73.7 cm³/mol. The maximum atomic E-state index is 11.4. The minimum atomic E-state index is -2.81. The second-order valence-corrected chi connectivity index (χ2v) is 7.48. The molecular formula is C11H19N3O2S2. The minimum Gasteiger partial charge on any atom is -0.316 e. The van der Waals surface area contributed by atoms with E-state index in [1.165, 1.54) is 0 Å². The van der Waals surface area contributed by atoms with E-state index in [9.17, 15) is 8.42 Å². The highest BCUT2D eigenvalue weighted by Crippen LogP contribution is 2.04. The van der Waals surface area contributed by atoms with Gasteiger partial charge < -0.3 is 10.6 Å². The standard InChI is InChI=1S/C11H19N3O2S2/c15-18(16)6-5-13-11(8-18)2-4-12-3-1-10-7-17-9-14-10/h7,9,11-13H,1-6,8H2. The molecule has 0 radical (unpaired) electrons. The second kappa shape index (κ2) is 6.60. The summed E-state index contributed by atoms with van der Waals surface area (Å²) in [5.74, 6) is 0.557. The van der Waals surface area contributed by atoms with Crippen LogP contribution < -0.4 is 10.6 Å². The van der Waals surface area contributed by atoms with E-state index in [-0.39, 0.29) is 17.5 Å². The van der Waals surface area contributed by atoms with E-state index in [1.807, 2.05) is 5.51 Å². The van der Waals surface area contributed by atoms with Crippen LogP contribution in [0, 0.1) is 0 Å². The summed E-state index contributed by atoms with van der Waals surface area (Å²) in [6.45, 7) is 2.33. The second-order valence-electron chi connectivity index (χ2n) is 4.53. The number of sulfone groups is 1. The molecule has 102 valence electrons. The summed E-state index contributed by atoms with van der Waals surface area (Å²) in [5, 5.41) is 8.63. The van der Waals surface area contributed by atoms with E-state index >= 15 is 0 Å². The Labute approximate surface area is 112 Å². The average molecular weight is 289 g/mol. The number of thiazole rings is 1. The van der Waals surface area contributed by atoms with Crippen LogP contribution in [-0.4, -0.2) is 50.6 Å². The molecule has 1 aromatic rings. The lowest BCUT2D eigenvalue weighted by atomic mass is 10.2. The van der Waals surface area contributed by atoms with Crippen LogP contribution in [0.1, 0.15) is 12.1 Å². The van der Waals surface area contributed by atoms with Crippen molar-refractivity contribution in [2.75, 3.05) is 31.1 Å². The molecule has 1 atom stereocenters. The zero-order chi connectivity index (χ0) is 12.8. The molecule has 1 aromatic heterocycles. The fourth-order valence-corrected chi connectivity index (χ4v) is 4.12. The number of aromatic nitrogens is 1. The van der Waals surface area contributed by atoms with Gasteiger partial charge in [0.1, 0.15) is 0 Å². The van der Waals surface area contributed by atoms with Crippen LogP contribution in [0.25, 0.3) is 0 Å². The van der Waals surface area contributed by atoms with Crippen LogP contribution in [-0.2, 0) is 16.3 Å². The Morgan fingerprint density at radius 1 is 1.50 bits per heavy atom. The van der Waals surface area contributed by atoms with Crippen molar-refractivity contribution in [3.8, 4) is 0 Å². The third-order valence-corrected chi connectivity index (χ3v) is 5.38. The summed E-state index contributed by atoms with van der Waals surface area (Å²) in [4.78, 5) is 4.21. The van der Waals surface area contributed by atoms with Crippen molar-refractivity contribution in [2.45, 2.75) is 18.9 Å². The first kappa shape index (κ1) is 13.9. The van der Waals surface area contributed by atoms with Gasteiger partial charge in [0.2, 0.25) is 0 Å². The van der Waals surface area contributed by atoms with Gasteiger partial charge >= 0.3 is 0 Å². The number of nitrogens with zero attached hydrogens (tertiary/aromatic N) is 1. The molecule has 2 heterocycles. The number of rotatable bonds is 6. The highest BCUT2D eigenvalue weighted by molar-refractivity contribution is 7.91. The normalized spacial score (nSPS) is 23.0. The third kappa shape index (κ3) is 4.64. The largest absolute Gasteiger partial charge is 0.316 e. The lowest BCUT2D eigenvalue weighted by Gasteiger charge is -2.23. The van der Waals surface area contributed by atoms with Crippen LogP contribution in [0.2, 0.25) is 0 Å². The molecule has 1 unspecified atom stereocenters. The highest BCUT2D eigenvalue weighted by atomic mass is 32.2. The Hall–Kier alpha value is -0.500. The minimum absolute atomic E-state index is 0.107. The summed E-state index contributed by atoms with van der Waals surface area (Å²) in [5.41, 5.74) is 2.96. The van der Waals surface area contributed by atoms with Gasteiger partial charge in [0.15, 0.2) is 9.84 Å². The molecule has 0 spiro atoms. The summed E-state index contributed by atoms with van der Waals surface area (Å²) in [6, 6.07) is 0.107. The third-order valence-electron chi connectivity index (χ3n) is 3.01. The number of nitrogens with one attached hydrogen (secondary N) is 2. The molecule has 18 heavy (non-hydrogen) atoms. The van der Waals surface area contributed by atoms with Crippen molar-refractivity contribution < 1.29 is 8.42 Å². The van der Waals surface area contributed by atoms with Gasteiger partial charge in [-0.3, -0.25) is 0 Å². The predicted octanol–water partition coefficient (Wildman–Crippen LogP) is 0.0519. The van der Waals surface area contributed by atoms with Crippen LogP contribution in [0.4, 0.5) is 0 Å². The quantitative estimate of drug-likeness (QED) is 0.724. The molecule has 2 rings (SSSR count). The topological polar surface area (TPSA) is 71.1 Å². The SMILES string of the molecule is O=S1(=O)CCNC(CCNCCc2cscn2)C1. The van der Waals surface area contributed by atoms with E-state index in [0.29, 0.717) is 6.54 Å². The Kier molecular flexibility index (Phi) is 5.11. The Bertz CT molecular complexity index is 445. The lowest BCUT2D eigenvalue weighted by Crippen LogP contribution is -2.46. The zero-order valence-corrected chi connectivity index (χ0v) is 11.9. The molecule has 5 nitrogen and oxygen atoms in total. The molecular weight excluding hydrogens is 270 g/mol. The molecule has 0 aliphatic carbocycles. The summed E-state index contributed by atoms with van der Waals surface area (Å²) in [6.07, 6.45) is 1.79. The molecule has 0 amide bonds. The van der Waals surface area contributed by atoms with Gasteiger partial charge in [-0.05, 0) is 13.0 Å². The molecule has 7 heteroatoms. The van der Waals surface area contributed by atoms with E-state index in [2.05, 4.69) is 21.0 Å². The van der Waals surface area contributed by atoms with Crippen LogP contribution >= 0.6 is 11.3 Å². The molecule has 1 saturated heterocycles. The lowest BCUT2D eigenvalue weighted by molar-refractivity contribution is 0.480. The van der Waals surface area contributed by atoms with Gasteiger partial charge in [-0.1, -0.05) is 0 Å². The first-order valence-corrected chi connectivity index (χ1v) is 8.94. The molecule has 1 aliphatic heterocycles. The number of hydrogen-bond donors (Lipinski definition) is 2. The molecule has 1 aliphatic rings. The number of hydrogen-bond acceptors (Lipinski definition) is 6. The van der Waals surface area contributed by atoms with Crippen LogP contribution in [0.3, 0.4) is 0 Å². The molecule has 2 N–H and O–H groups in total.